The summed E-state index contributed by atoms with van der Waals surface area (Å²) in [6.45, 7) is 4.90. The van der Waals surface area contributed by atoms with E-state index in [1.54, 1.807) is 0 Å². The fourth-order valence-electron chi connectivity index (χ4n) is 6.49. The summed E-state index contributed by atoms with van der Waals surface area (Å²) in [5.41, 5.74) is 6.98. The van der Waals surface area contributed by atoms with Crippen LogP contribution >= 0.6 is 11.6 Å². The highest BCUT2D eigenvalue weighted by atomic mass is 35.5. The van der Waals surface area contributed by atoms with E-state index < -0.39 is 0 Å². The van der Waals surface area contributed by atoms with Crippen molar-refractivity contribution in [2.24, 2.45) is 0 Å². The summed E-state index contributed by atoms with van der Waals surface area (Å²) in [4.78, 5) is 4.83. The second kappa shape index (κ2) is 8.46. The molecule has 2 aliphatic rings. The van der Waals surface area contributed by atoms with E-state index in [1.165, 1.54) is 36.2 Å². The first-order valence-corrected chi connectivity index (χ1v) is 13.0. The van der Waals surface area contributed by atoms with Gasteiger partial charge in [-0.3, -0.25) is 0 Å². The lowest BCUT2D eigenvalue weighted by atomic mass is 9.61. The van der Waals surface area contributed by atoms with Gasteiger partial charge in [0.1, 0.15) is 0 Å². The summed E-state index contributed by atoms with van der Waals surface area (Å²) in [7, 11) is 0. The molecule has 2 atom stereocenters. The minimum absolute atomic E-state index is 0.0263. The third-order valence-electron chi connectivity index (χ3n) is 8.47. The second-order valence-corrected chi connectivity index (χ2v) is 10.7. The first kappa shape index (κ1) is 22.2. The van der Waals surface area contributed by atoms with Crippen molar-refractivity contribution in [1.82, 2.24) is 0 Å². The van der Waals surface area contributed by atoms with E-state index in [0.717, 1.165) is 28.5 Å². The van der Waals surface area contributed by atoms with Crippen LogP contribution in [0.4, 0.5) is 28.4 Å². The standard InChI is InChI=1S/C32H31ClN2/c1-31-22-12-13-23-32(31,2)35(26-18-10-5-11-19-26)30-27(31)20-21-28(29(30)33)34(24-14-6-3-7-15-24)25-16-8-4-9-17-25/h3-11,14-21H,12-13,22-23H2,1-2H3. The summed E-state index contributed by atoms with van der Waals surface area (Å²) >= 11 is 7.50. The molecule has 1 fully saturated rings. The van der Waals surface area contributed by atoms with Crippen LogP contribution in [0.1, 0.15) is 45.1 Å². The van der Waals surface area contributed by atoms with Crippen molar-refractivity contribution < 1.29 is 0 Å². The van der Waals surface area contributed by atoms with Gasteiger partial charge in [-0.1, -0.05) is 92.0 Å². The van der Waals surface area contributed by atoms with Gasteiger partial charge in [0, 0.05) is 22.5 Å². The number of anilines is 5. The number of hydrogen-bond donors (Lipinski definition) is 0. The third kappa shape index (κ3) is 3.31. The van der Waals surface area contributed by atoms with Gasteiger partial charge in [-0.05, 0) is 67.8 Å². The highest BCUT2D eigenvalue weighted by Gasteiger charge is 2.58. The molecule has 1 aliphatic heterocycles. The predicted octanol–water partition coefficient (Wildman–Crippen LogP) is 9.55. The number of nitrogens with zero attached hydrogens (tertiary/aromatic N) is 2. The van der Waals surface area contributed by atoms with E-state index in [9.17, 15) is 0 Å². The first-order chi connectivity index (χ1) is 17.0. The molecule has 35 heavy (non-hydrogen) atoms. The van der Waals surface area contributed by atoms with Gasteiger partial charge >= 0.3 is 0 Å². The van der Waals surface area contributed by atoms with Crippen molar-refractivity contribution in [2.45, 2.75) is 50.5 Å². The van der Waals surface area contributed by atoms with Gasteiger partial charge < -0.3 is 9.80 Å². The molecular formula is C32H31ClN2. The van der Waals surface area contributed by atoms with E-state index >= 15 is 0 Å². The number of rotatable bonds is 4. The zero-order chi connectivity index (χ0) is 24.0. The molecular weight excluding hydrogens is 448 g/mol. The van der Waals surface area contributed by atoms with Crippen LogP contribution in [-0.2, 0) is 5.41 Å². The zero-order valence-corrected chi connectivity index (χ0v) is 21.2. The SMILES string of the molecule is CC12CCCCC1(C)N(c1ccccc1)c1c2ccc(N(c2ccccc2)c2ccccc2)c1Cl. The molecule has 0 radical (unpaired) electrons. The number of halogens is 1. The molecule has 0 spiro atoms. The Hall–Kier alpha value is -3.23. The van der Waals surface area contributed by atoms with Crippen LogP contribution in [0.5, 0.6) is 0 Å². The summed E-state index contributed by atoms with van der Waals surface area (Å²) in [5, 5.41) is 0.816. The molecule has 1 heterocycles. The average Bonchev–Trinajstić information content (AvgIpc) is 3.11. The van der Waals surface area contributed by atoms with Crippen molar-refractivity contribution in [3.05, 3.63) is 114 Å². The molecule has 0 bridgehead atoms. The fourth-order valence-corrected chi connectivity index (χ4v) is 6.82. The van der Waals surface area contributed by atoms with Crippen molar-refractivity contribution in [3.8, 4) is 0 Å². The Morgan fingerprint density at radius 3 is 1.83 bits per heavy atom. The Morgan fingerprint density at radius 2 is 1.23 bits per heavy atom. The van der Waals surface area contributed by atoms with Crippen LogP contribution in [0.2, 0.25) is 5.02 Å². The Kier molecular flexibility index (Phi) is 5.38. The molecule has 4 aromatic rings. The maximum atomic E-state index is 7.50. The molecule has 0 amide bonds. The van der Waals surface area contributed by atoms with Gasteiger partial charge in [-0.2, -0.15) is 0 Å². The van der Waals surface area contributed by atoms with Gasteiger partial charge in [-0.15, -0.1) is 0 Å². The van der Waals surface area contributed by atoms with E-state index in [-0.39, 0.29) is 11.0 Å². The Morgan fingerprint density at radius 1 is 0.686 bits per heavy atom. The lowest BCUT2D eigenvalue weighted by Gasteiger charge is -2.50. The van der Waals surface area contributed by atoms with Crippen LogP contribution in [0.15, 0.2) is 103 Å². The van der Waals surface area contributed by atoms with Crippen molar-refractivity contribution in [2.75, 3.05) is 9.80 Å². The predicted molar refractivity (Wildman–Crippen MR) is 149 cm³/mol. The molecule has 176 valence electrons. The van der Waals surface area contributed by atoms with E-state index in [1.807, 2.05) is 0 Å². The molecule has 3 heteroatoms. The maximum absolute atomic E-state index is 7.50. The van der Waals surface area contributed by atoms with E-state index in [4.69, 9.17) is 11.6 Å². The first-order valence-electron chi connectivity index (χ1n) is 12.6. The smallest absolute Gasteiger partial charge is 0.0886 e. The van der Waals surface area contributed by atoms with E-state index in [0.29, 0.717) is 0 Å². The number of fused-ring (bicyclic) bond motifs is 3. The van der Waals surface area contributed by atoms with Crippen LogP contribution in [0.25, 0.3) is 0 Å². The maximum Gasteiger partial charge on any atom is 0.0886 e. The highest BCUT2D eigenvalue weighted by molar-refractivity contribution is 6.37. The highest BCUT2D eigenvalue weighted by Crippen LogP contribution is 2.63. The van der Waals surface area contributed by atoms with Crippen molar-refractivity contribution in [3.63, 3.8) is 0 Å². The Bertz CT molecular complexity index is 1300. The van der Waals surface area contributed by atoms with Crippen molar-refractivity contribution >= 4 is 40.0 Å². The lowest BCUT2D eigenvalue weighted by molar-refractivity contribution is 0.195. The summed E-state index contributed by atoms with van der Waals surface area (Å²) in [5.74, 6) is 0. The van der Waals surface area contributed by atoms with Gasteiger partial charge in [0.05, 0.1) is 21.9 Å². The lowest BCUT2D eigenvalue weighted by Crippen LogP contribution is -2.54. The number of hydrogen-bond acceptors (Lipinski definition) is 2. The summed E-state index contributed by atoms with van der Waals surface area (Å²) in [6.07, 6.45) is 4.83. The zero-order valence-electron chi connectivity index (χ0n) is 20.4. The van der Waals surface area contributed by atoms with Gasteiger partial charge in [-0.25, -0.2) is 0 Å². The molecule has 2 nitrogen and oxygen atoms in total. The molecule has 1 aliphatic carbocycles. The largest absolute Gasteiger partial charge is 0.333 e. The van der Waals surface area contributed by atoms with Gasteiger partial charge in [0.15, 0.2) is 0 Å². The molecule has 6 rings (SSSR count). The Balaban J connectivity index is 1.61. The molecule has 0 N–H and O–H groups in total. The monoisotopic (exact) mass is 478 g/mol. The normalized spacial score (nSPS) is 23.0. The molecule has 2 unspecified atom stereocenters. The summed E-state index contributed by atoms with van der Waals surface area (Å²) in [6, 6.07) is 36.4. The molecule has 0 saturated heterocycles. The minimum atomic E-state index is -0.0263. The third-order valence-corrected chi connectivity index (χ3v) is 8.84. The number of benzene rings is 4. The van der Waals surface area contributed by atoms with Crippen LogP contribution in [-0.4, -0.2) is 5.54 Å². The minimum Gasteiger partial charge on any atom is -0.333 e. The molecule has 1 saturated carbocycles. The second-order valence-electron chi connectivity index (χ2n) is 10.3. The van der Waals surface area contributed by atoms with E-state index in [2.05, 4.69) is 127 Å². The topological polar surface area (TPSA) is 6.48 Å². The van der Waals surface area contributed by atoms with Crippen LogP contribution in [0, 0.1) is 0 Å². The quantitative estimate of drug-likeness (QED) is 0.288. The van der Waals surface area contributed by atoms with Crippen molar-refractivity contribution in [1.29, 1.82) is 0 Å². The fraction of sp³-hybridized carbons (Fsp3) is 0.250. The van der Waals surface area contributed by atoms with Gasteiger partial charge in [0.25, 0.3) is 0 Å². The Labute approximate surface area is 213 Å². The molecule has 4 aromatic carbocycles. The summed E-state index contributed by atoms with van der Waals surface area (Å²) < 4.78 is 0. The average molecular weight is 479 g/mol. The molecule has 0 aromatic heterocycles. The van der Waals surface area contributed by atoms with Crippen LogP contribution < -0.4 is 9.80 Å². The van der Waals surface area contributed by atoms with Gasteiger partial charge in [0.2, 0.25) is 0 Å². The van der Waals surface area contributed by atoms with Crippen LogP contribution in [0.3, 0.4) is 0 Å². The number of para-hydroxylation sites is 3.